The summed E-state index contributed by atoms with van der Waals surface area (Å²) >= 11 is 1.43. The molecule has 4 rings (SSSR count). The summed E-state index contributed by atoms with van der Waals surface area (Å²) in [6, 6.07) is 12.0. The fourth-order valence-electron chi connectivity index (χ4n) is 2.71. The summed E-state index contributed by atoms with van der Waals surface area (Å²) in [6.45, 7) is 3.15. The molecule has 0 aliphatic carbocycles. The van der Waals surface area contributed by atoms with Gasteiger partial charge in [-0.15, -0.1) is 0 Å². The number of aryl methyl sites for hydroxylation is 1. The molecule has 2 aromatic heterocycles. The second kappa shape index (κ2) is 6.05. The number of nitrogens with zero attached hydrogens (tertiary/aromatic N) is 4. The van der Waals surface area contributed by atoms with Gasteiger partial charge in [-0.3, -0.25) is 14.3 Å². The van der Waals surface area contributed by atoms with Crippen LogP contribution in [0.25, 0.3) is 6.08 Å². The standard InChI is InChI=1S/C18H16N4OS/c1-13-4-2-6-15(8-13)21-11-20-18-22(12-21)17(23)16(24-18)9-14-5-3-7-19-10-14/h2-10H,11-12H2,1H3/b16-9-. The van der Waals surface area contributed by atoms with Crippen LogP contribution in [-0.2, 0) is 6.67 Å². The Kier molecular flexibility index (Phi) is 3.74. The largest absolute Gasteiger partial charge is 0.334 e. The molecule has 120 valence electrons. The smallest absolute Gasteiger partial charge is 0.271 e. The van der Waals surface area contributed by atoms with Gasteiger partial charge in [-0.25, -0.2) is 4.99 Å². The molecule has 0 bridgehead atoms. The first-order valence-corrected chi connectivity index (χ1v) is 8.50. The molecule has 0 radical (unpaired) electrons. The molecule has 1 aliphatic rings. The van der Waals surface area contributed by atoms with Crippen LogP contribution in [0.2, 0.25) is 0 Å². The number of rotatable bonds is 2. The van der Waals surface area contributed by atoms with E-state index < -0.39 is 0 Å². The Balaban J connectivity index is 1.73. The number of aromatic nitrogens is 2. The van der Waals surface area contributed by atoms with Gasteiger partial charge in [-0.2, -0.15) is 0 Å². The van der Waals surface area contributed by atoms with Gasteiger partial charge in [0.1, 0.15) is 13.3 Å². The first-order valence-electron chi connectivity index (χ1n) is 7.68. The molecule has 0 amide bonds. The van der Waals surface area contributed by atoms with Gasteiger partial charge in [-0.05, 0) is 42.3 Å². The maximum Gasteiger partial charge on any atom is 0.271 e. The molecule has 3 heterocycles. The molecule has 5 nitrogen and oxygen atoms in total. The van der Waals surface area contributed by atoms with Gasteiger partial charge in [0, 0.05) is 18.1 Å². The first kappa shape index (κ1) is 14.8. The van der Waals surface area contributed by atoms with Crippen molar-refractivity contribution in [2.24, 2.45) is 4.99 Å². The van der Waals surface area contributed by atoms with Gasteiger partial charge in [0.05, 0.1) is 4.53 Å². The predicted molar refractivity (Wildman–Crippen MR) is 95.7 cm³/mol. The van der Waals surface area contributed by atoms with Crippen molar-refractivity contribution in [3.8, 4) is 0 Å². The molecule has 0 spiro atoms. The molecular formula is C18H16N4OS. The maximum atomic E-state index is 12.7. The first-order chi connectivity index (χ1) is 11.7. The Morgan fingerprint density at radius 2 is 2.17 bits per heavy atom. The van der Waals surface area contributed by atoms with E-state index in [9.17, 15) is 4.79 Å². The van der Waals surface area contributed by atoms with Crippen LogP contribution in [0.4, 0.5) is 5.69 Å². The van der Waals surface area contributed by atoms with Crippen molar-refractivity contribution in [1.29, 1.82) is 0 Å². The Morgan fingerprint density at radius 3 is 2.96 bits per heavy atom. The number of hydrogen-bond donors (Lipinski definition) is 0. The minimum atomic E-state index is -0.0000406. The summed E-state index contributed by atoms with van der Waals surface area (Å²) in [4.78, 5) is 24.2. The summed E-state index contributed by atoms with van der Waals surface area (Å²) in [5, 5.41) is 0. The van der Waals surface area contributed by atoms with Crippen molar-refractivity contribution in [2.75, 3.05) is 11.6 Å². The average molecular weight is 336 g/mol. The number of anilines is 1. The predicted octanol–water partition coefficient (Wildman–Crippen LogP) is 1.50. The van der Waals surface area contributed by atoms with Crippen molar-refractivity contribution in [2.45, 2.75) is 13.6 Å². The zero-order valence-electron chi connectivity index (χ0n) is 13.2. The van der Waals surface area contributed by atoms with Crippen LogP contribution < -0.4 is 19.8 Å². The molecule has 1 aromatic carbocycles. The minimum Gasteiger partial charge on any atom is -0.334 e. The van der Waals surface area contributed by atoms with Crippen LogP contribution in [-0.4, -0.2) is 16.2 Å². The monoisotopic (exact) mass is 336 g/mol. The zero-order valence-corrected chi connectivity index (χ0v) is 14.0. The Hall–Kier alpha value is -2.73. The van der Waals surface area contributed by atoms with Crippen molar-refractivity contribution >= 4 is 23.1 Å². The second-order valence-electron chi connectivity index (χ2n) is 5.73. The van der Waals surface area contributed by atoms with E-state index >= 15 is 0 Å². The molecule has 0 N–H and O–H groups in total. The minimum absolute atomic E-state index is 0.0000406. The lowest BCUT2D eigenvalue weighted by Crippen LogP contribution is -2.42. The third kappa shape index (κ3) is 2.76. The average Bonchev–Trinajstić information content (AvgIpc) is 2.91. The van der Waals surface area contributed by atoms with E-state index in [1.165, 1.54) is 16.9 Å². The maximum absolute atomic E-state index is 12.7. The van der Waals surface area contributed by atoms with E-state index in [4.69, 9.17) is 0 Å². The highest BCUT2D eigenvalue weighted by Gasteiger charge is 2.15. The van der Waals surface area contributed by atoms with Gasteiger partial charge in [-0.1, -0.05) is 29.5 Å². The van der Waals surface area contributed by atoms with Crippen molar-refractivity contribution < 1.29 is 0 Å². The zero-order chi connectivity index (χ0) is 16.5. The summed E-state index contributed by atoms with van der Waals surface area (Å²) in [7, 11) is 0. The molecule has 0 fully saturated rings. The van der Waals surface area contributed by atoms with Crippen LogP contribution in [0.15, 0.2) is 58.6 Å². The van der Waals surface area contributed by atoms with Crippen LogP contribution >= 0.6 is 11.3 Å². The SMILES string of the molecule is Cc1cccc(N2CN=c3s/c(=C\c4cccnc4)c(=O)n3C2)c1. The van der Waals surface area contributed by atoms with E-state index in [0.717, 1.165) is 16.1 Å². The molecule has 0 atom stereocenters. The van der Waals surface area contributed by atoms with Gasteiger partial charge >= 0.3 is 0 Å². The van der Waals surface area contributed by atoms with Gasteiger partial charge < -0.3 is 4.90 Å². The van der Waals surface area contributed by atoms with Crippen molar-refractivity contribution in [3.05, 3.63) is 79.6 Å². The highest BCUT2D eigenvalue weighted by atomic mass is 32.1. The molecule has 24 heavy (non-hydrogen) atoms. The summed E-state index contributed by atoms with van der Waals surface area (Å²) in [5.41, 5.74) is 3.20. The highest BCUT2D eigenvalue weighted by molar-refractivity contribution is 7.07. The summed E-state index contributed by atoms with van der Waals surface area (Å²) < 4.78 is 2.42. The molecule has 0 saturated carbocycles. The number of benzene rings is 1. The summed E-state index contributed by atoms with van der Waals surface area (Å²) in [6.07, 6.45) is 5.34. The lowest BCUT2D eigenvalue weighted by molar-refractivity contribution is 0.569. The number of fused-ring (bicyclic) bond motifs is 1. The summed E-state index contributed by atoms with van der Waals surface area (Å²) in [5.74, 6) is 0. The third-order valence-corrected chi connectivity index (χ3v) is 4.97. The third-order valence-electron chi connectivity index (χ3n) is 3.93. The molecule has 3 aromatic rings. The molecule has 0 unspecified atom stereocenters. The number of hydrogen-bond acceptors (Lipinski definition) is 5. The van der Waals surface area contributed by atoms with Gasteiger partial charge in [0.25, 0.3) is 5.56 Å². The Labute approximate surface area is 142 Å². The number of thiazole rings is 1. The Morgan fingerprint density at radius 1 is 1.25 bits per heavy atom. The van der Waals surface area contributed by atoms with Crippen molar-refractivity contribution in [1.82, 2.24) is 9.55 Å². The van der Waals surface area contributed by atoms with E-state index in [-0.39, 0.29) is 5.56 Å². The lowest BCUT2D eigenvalue weighted by atomic mass is 10.2. The van der Waals surface area contributed by atoms with Crippen LogP contribution in [0.3, 0.4) is 0 Å². The molecular weight excluding hydrogens is 320 g/mol. The quantitative estimate of drug-likeness (QED) is 0.713. The number of pyridine rings is 1. The van der Waals surface area contributed by atoms with E-state index in [1.807, 2.05) is 30.3 Å². The van der Waals surface area contributed by atoms with E-state index in [1.54, 1.807) is 17.0 Å². The highest BCUT2D eigenvalue weighted by Crippen LogP contribution is 2.17. The molecule has 0 saturated heterocycles. The van der Waals surface area contributed by atoms with Crippen LogP contribution in [0.5, 0.6) is 0 Å². The lowest BCUT2D eigenvalue weighted by Gasteiger charge is -2.25. The second-order valence-corrected chi connectivity index (χ2v) is 6.74. The topological polar surface area (TPSA) is 50.5 Å². The van der Waals surface area contributed by atoms with Crippen LogP contribution in [0, 0.1) is 6.92 Å². The fourth-order valence-corrected chi connectivity index (χ4v) is 3.67. The fraction of sp³-hybridized carbons (Fsp3) is 0.167. The van der Waals surface area contributed by atoms with E-state index in [0.29, 0.717) is 17.9 Å². The molecule has 6 heteroatoms. The Bertz CT molecular complexity index is 1050. The van der Waals surface area contributed by atoms with Gasteiger partial charge in [0.15, 0.2) is 4.80 Å². The van der Waals surface area contributed by atoms with E-state index in [2.05, 4.69) is 33.9 Å². The normalized spacial score (nSPS) is 14.4. The van der Waals surface area contributed by atoms with Crippen molar-refractivity contribution in [3.63, 3.8) is 0 Å². The van der Waals surface area contributed by atoms with Gasteiger partial charge in [0.2, 0.25) is 0 Å². The van der Waals surface area contributed by atoms with Crippen LogP contribution in [0.1, 0.15) is 11.1 Å². The molecule has 1 aliphatic heterocycles.